The number of nitrogens with zero attached hydrogens (tertiary/aromatic N) is 3. The number of hydrogen-bond acceptors (Lipinski definition) is 5. The summed E-state index contributed by atoms with van der Waals surface area (Å²) in [5, 5.41) is 9.83. The van der Waals surface area contributed by atoms with Crippen LogP contribution in [0.3, 0.4) is 0 Å². The number of methoxy groups -OCH3 is 1. The average Bonchev–Trinajstić information content (AvgIpc) is 2.69. The summed E-state index contributed by atoms with van der Waals surface area (Å²) in [5.74, 6) is 1.96. The van der Waals surface area contributed by atoms with Crippen LogP contribution in [0.15, 0.2) is 54.7 Å². The van der Waals surface area contributed by atoms with Crippen LogP contribution in [0.5, 0.6) is 11.5 Å². The van der Waals surface area contributed by atoms with Crippen molar-refractivity contribution >= 4 is 17.4 Å². The first-order chi connectivity index (χ1) is 13.1. The summed E-state index contributed by atoms with van der Waals surface area (Å²) >= 11 is 6.04. The smallest absolute Gasteiger partial charge is 0.224 e. The summed E-state index contributed by atoms with van der Waals surface area (Å²) in [6.45, 7) is 0.830. The van der Waals surface area contributed by atoms with E-state index >= 15 is 0 Å². The van der Waals surface area contributed by atoms with Crippen LogP contribution in [0, 0.1) is 0 Å². The molecule has 1 atom stereocenters. The van der Waals surface area contributed by atoms with Crippen LogP contribution in [0.2, 0.25) is 5.28 Å². The third kappa shape index (κ3) is 3.69. The highest BCUT2D eigenvalue weighted by molar-refractivity contribution is 6.28. The highest BCUT2D eigenvalue weighted by Gasteiger charge is 2.29. The Balaban J connectivity index is 1.75. The number of ether oxygens (including phenoxy) is 1. The molecule has 2 aromatic carbocycles. The fraction of sp³-hybridized carbons (Fsp3) is 0.238. The number of phenols is 1. The van der Waals surface area contributed by atoms with Crippen LogP contribution in [0.25, 0.3) is 0 Å². The summed E-state index contributed by atoms with van der Waals surface area (Å²) in [6.07, 6.45) is 3.38. The Bertz CT molecular complexity index is 946. The number of halogens is 1. The van der Waals surface area contributed by atoms with Crippen molar-refractivity contribution in [3.05, 3.63) is 76.7 Å². The molecule has 6 heteroatoms. The lowest BCUT2D eigenvalue weighted by Crippen LogP contribution is -2.37. The van der Waals surface area contributed by atoms with E-state index in [1.54, 1.807) is 25.4 Å². The maximum atomic E-state index is 9.58. The Morgan fingerprint density at radius 1 is 1.19 bits per heavy atom. The van der Waals surface area contributed by atoms with Gasteiger partial charge in [-0.2, -0.15) is 0 Å². The lowest BCUT2D eigenvalue weighted by atomic mass is 9.88. The van der Waals surface area contributed by atoms with Crippen molar-refractivity contribution in [2.45, 2.75) is 18.9 Å². The number of fused-ring (bicyclic) bond motifs is 1. The summed E-state index contributed by atoms with van der Waals surface area (Å²) in [4.78, 5) is 10.7. The lowest BCUT2D eigenvalue weighted by Gasteiger charge is -2.38. The van der Waals surface area contributed by atoms with Crippen LogP contribution in [-0.4, -0.2) is 28.7 Å². The molecule has 0 spiro atoms. The van der Waals surface area contributed by atoms with Gasteiger partial charge in [-0.05, 0) is 71.5 Å². The average molecular weight is 382 g/mol. The molecule has 0 fully saturated rings. The van der Waals surface area contributed by atoms with Gasteiger partial charge in [-0.1, -0.05) is 18.2 Å². The largest absolute Gasteiger partial charge is 0.508 e. The monoisotopic (exact) mass is 381 g/mol. The van der Waals surface area contributed by atoms with Crippen molar-refractivity contribution in [1.29, 1.82) is 0 Å². The molecule has 5 nitrogen and oxygen atoms in total. The maximum Gasteiger partial charge on any atom is 0.224 e. The minimum Gasteiger partial charge on any atom is -0.508 e. The maximum absolute atomic E-state index is 9.58. The highest BCUT2D eigenvalue weighted by atomic mass is 35.5. The second kappa shape index (κ2) is 7.45. The van der Waals surface area contributed by atoms with Crippen LogP contribution >= 0.6 is 11.6 Å². The Hall–Kier alpha value is -2.79. The first-order valence-corrected chi connectivity index (χ1v) is 9.22. The first-order valence-electron chi connectivity index (χ1n) is 8.84. The van der Waals surface area contributed by atoms with Gasteiger partial charge in [0, 0.05) is 12.7 Å². The third-order valence-corrected chi connectivity index (χ3v) is 5.16. The van der Waals surface area contributed by atoms with E-state index in [1.165, 1.54) is 11.1 Å². The molecule has 1 N–H and O–H groups in total. The predicted molar refractivity (Wildman–Crippen MR) is 106 cm³/mol. The topological polar surface area (TPSA) is 58.5 Å². The number of rotatable bonds is 4. The summed E-state index contributed by atoms with van der Waals surface area (Å²) < 4.78 is 5.39. The second-order valence-electron chi connectivity index (χ2n) is 6.58. The molecule has 0 radical (unpaired) electrons. The molecule has 27 heavy (non-hydrogen) atoms. The number of hydrogen-bond donors (Lipinski definition) is 1. The van der Waals surface area contributed by atoms with Gasteiger partial charge in [-0.25, -0.2) is 9.97 Å². The van der Waals surface area contributed by atoms with Gasteiger partial charge in [0.2, 0.25) is 5.28 Å². The molecular formula is C21H20ClN3O2. The quantitative estimate of drug-likeness (QED) is 0.686. The van der Waals surface area contributed by atoms with Crippen LogP contribution < -0.4 is 9.64 Å². The number of aromatic hydroxyl groups is 1. The molecule has 1 aliphatic heterocycles. The van der Waals surface area contributed by atoms with E-state index in [1.807, 2.05) is 24.3 Å². The Morgan fingerprint density at radius 3 is 2.74 bits per heavy atom. The van der Waals surface area contributed by atoms with Gasteiger partial charge in [0.1, 0.15) is 17.3 Å². The number of anilines is 1. The molecule has 3 aromatic rings. The fourth-order valence-corrected chi connectivity index (χ4v) is 3.79. The standard InChI is InChI=1S/C21H20ClN3O2/c1-27-17-6-7-18-15(13-17)9-11-25(20-8-10-23-21(22)24-20)19(18)12-14-2-4-16(26)5-3-14/h2-8,10,13,19,26H,9,11-12H2,1H3. The molecule has 4 rings (SSSR count). The summed E-state index contributed by atoms with van der Waals surface area (Å²) in [6, 6.07) is 15.6. The minimum atomic E-state index is 0.107. The zero-order valence-corrected chi connectivity index (χ0v) is 15.7. The second-order valence-corrected chi connectivity index (χ2v) is 6.92. The molecule has 0 bridgehead atoms. The number of phenolic OH excluding ortho intramolecular Hbond substituents is 1. The van der Waals surface area contributed by atoms with E-state index in [9.17, 15) is 5.11 Å². The Kier molecular flexibility index (Phi) is 4.86. The molecule has 1 aliphatic rings. The van der Waals surface area contributed by atoms with Crippen LogP contribution in [-0.2, 0) is 12.8 Å². The van der Waals surface area contributed by atoms with Gasteiger partial charge in [-0.15, -0.1) is 0 Å². The zero-order chi connectivity index (χ0) is 18.8. The van der Waals surface area contributed by atoms with Gasteiger partial charge < -0.3 is 14.7 Å². The van der Waals surface area contributed by atoms with Crippen LogP contribution in [0.1, 0.15) is 22.7 Å². The van der Waals surface area contributed by atoms with E-state index in [4.69, 9.17) is 16.3 Å². The van der Waals surface area contributed by atoms with Crippen molar-refractivity contribution < 1.29 is 9.84 Å². The first kappa shape index (κ1) is 17.6. The van der Waals surface area contributed by atoms with E-state index in [2.05, 4.69) is 27.0 Å². The van der Waals surface area contributed by atoms with Gasteiger partial charge >= 0.3 is 0 Å². The van der Waals surface area contributed by atoms with Gasteiger partial charge in [-0.3, -0.25) is 0 Å². The van der Waals surface area contributed by atoms with Crippen molar-refractivity contribution in [1.82, 2.24) is 9.97 Å². The Morgan fingerprint density at radius 2 is 2.00 bits per heavy atom. The normalized spacial score (nSPS) is 16.1. The van der Waals surface area contributed by atoms with Crippen molar-refractivity contribution in [3.63, 3.8) is 0 Å². The minimum absolute atomic E-state index is 0.107. The van der Waals surface area contributed by atoms with Crippen molar-refractivity contribution in [3.8, 4) is 11.5 Å². The summed E-state index contributed by atoms with van der Waals surface area (Å²) in [5.41, 5.74) is 3.69. The zero-order valence-electron chi connectivity index (χ0n) is 15.0. The summed E-state index contributed by atoms with van der Waals surface area (Å²) in [7, 11) is 1.69. The molecule has 0 aliphatic carbocycles. The predicted octanol–water partition coefficient (Wildman–Crippen LogP) is 4.19. The lowest BCUT2D eigenvalue weighted by molar-refractivity contribution is 0.413. The SMILES string of the molecule is COc1ccc2c(c1)CCN(c1ccnc(Cl)n1)C2Cc1ccc(O)cc1. The van der Waals surface area contributed by atoms with E-state index in [0.717, 1.165) is 36.5 Å². The van der Waals surface area contributed by atoms with Crippen molar-refractivity contribution in [2.24, 2.45) is 0 Å². The van der Waals surface area contributed by atoms with Crippen molar-refractivity contribution in [2.75, 3.05) is 18.6 Å². The van der Waals surface area contributed by atoms with E-state index < -0.39 is 0 Å². The van der Waals surface area contributed by atoms with Crippen LogP contribution in [0.4, 0.5) is 5.82 Å². The molecule has 0 saturated heterocycles. The molecule has 1 aromatic heterocycles. The fourth-order valence-electron chi connectivity index (χ4n) is 3.65. The number of aromatic nitrogens is 2. The molecule has 2 heterocycles. The molecule has 138 valence electrons. The van der Waals surface area contributed by atoms with E-state index in [-0.39, 0.29) is 17.1 Å². The number of benzene rings is 2. The van der Waals surface area contributed by atoms with Gasteiger partial charge in [0.15, 0.2) is 0 Å². The van der Waals surface area contributed by atoms with Gasteiger partial charge in [0.25, 0.3) is 0 Å². The highest BCUT2D eigenvalue weighted by Crippen LogP contribution is 2.37. The van der Waals surface area contributed by atoms with Gasteiger partial charge in [0.05, 0.1) is 13.2 Å². The molecule has 0 amide bonds. The molecule has 1 unspecified atom stereocenters. The van der Waals surface area contributed by atoms with E-state index in [0.29, 0.717) is 0 Å². The molecule has 0 saturated carbocycles. The Labute approximate surface area is 163 Å². The molecular weight excluding hydrogens is 362 g/mol. The third-order valence-electron chi connectivity index (χ3n) is 4.98.